The van der Waals surface area contributed by atoms with Crippen LogP contribution in [0.2, 0.25) is 0 Å². The van der Waals surface area contributed by atoms with Gasteiger partial charge in [-0.25, -0.2) is 0 Å². The zero-order valence-electron chi connectivity index (χ0n) is 11.1. The Hall–Kier alpha value is -1.14. The molecule has 0 aliphatic heterocycles. The normalized spacial score (nSPS) is 12.1. The molecule has 1 aromatic rings. The van der Waals surface area contributed by atoms with Crippen molar-refractivity contribution in [3.8, 4) is 5.75 Å². The summed E-state index contributed by atoms with van der Waals surface area (Å²) in [5.41, 5.74) is 6.25. The highest BCUT2D eigenvalue weighted by Gasteiger charge is 2.25. The highest BCUT2D eigenvalue weighted by atomic mass is 79.9. The van der Waals surface area contributed by atoms with Gasteiger partial charge >= 0.3 is 0 Å². The number of nitrogens with one attached hydrogen (secondary N) is 1. The van der Waals surface area contributed by atoms with Crippen molar-refractivity contribution >= 4 is 44.7 Å². The highest BCUT2D eigenvalue weighted by molar-refractivity contribution is 9.10. The van der Waals surface area contributed by atoms with Gasteiger partial charge in [-0.05, 0) is 18.1 Å². The molecule has 0 aliphatic rings. The molecule has 0 radical (unpaired) electrons. The van der Waals surface area contributed by atoms with Gasteiger partial charge in [0.1, 0.15) is 5.75 Å². The summed E-state index contributed by atoms with van der Waals surface area (Å²) < 4.78 is 5.96. The lowest BCUT2D eigenvalue weighted by molar-refractivity contribution is -0.118. The summed E-state index contributed by atoms with van der Waals surface area (Å²) in [7, 11) is 1.57. The molecule has 0 bridgehead atoms. The SMILES string of the molecule is COc1cc(Br)cc(NC(=O)C(C(N)=S)C(C)C)c1. The van der Waals surface area contributed by atoms with Crippen molar-refractivity contribution in [2.24, 2.45) is 17.6 Å². The maximum atomic E-state index is 12.2. The number of benzene rings is 1. The number of amides is 1. The van der Waals surface area contributed by atoms with Crippen LogP contribution in [0.25, 0.3) is 0 Å². The van der Waals surface area contributed by atoms with Gasteiger partial charge in [0.2, 0.25) is 5.91 Å². The summed E-state index contributed by atoms with van der Waals surface area (Å²) in [6, 6.07) is 5.33. The minimum absolute atomic E-state index is 0.0477. The predicted molar refractivity (Wildman–Crippen MR) is 84.4 cm³/mol. The molecule has 19 heavy (non-hydrogen) atoms. The minimum Gasteiger partial charge on any atom is -0.497 e. The first-order valence-corrected chi connectivity index (χ1v) is 7.00. The van der Waals surface area contributed by atoms with E-state index in [-0.39, 0.29) is 16.8 Å². The van der Waals surface area contributed by atoms with Crippen LogP contribution in [-0.4, -0.2) is 18.0 Å². The van der Waals surface area contributed by atoms with Crippen LogP contribution >= 0.6 is 28.1 Å². The van der Waals surface area contributed by atoms with E-state index in [9.17, 15) is 4.79 Å². The van der Waals surface area contributed by atoms with Crippen LogP contribution in [-0.2, 0) is 4.79 Å². The molecule has 0 saturated carbocycles. The summed E-state index contributed by atoms with van der Waals surface area (Å²) in [5, 5.41) is 2.80. The molecule has 0 heterocycles. The van der Waals surface area contributed by atoms with E-state index >= 15 is 0 Å². The number of anilines is 1. The first-order valence-electron chi connectivity index (χ1n) is 5.80. The van der Waals surface area contributed by atoms with E-state index in [1.54, 1.807) is 19.2 Å². The number of carbonyl (C=O) groups excluding carboxylic acids is 1. The second-order valence-corrected chi connectivity index (χ2v) is 5.88. The quantitative estimate of drug-likeness (QED) is 0.806. The Morgan fingerprint density at radius 3 is 2.53 bits per heavy atom. The molecule has 1 atom stereocenters. The maximum Gasteiger partial charge on any atom is 0.234 e. The Bertz CT molecular complexity index is 492. The number of carbonyl (C=O) groups is 1. The van der Waals surface area contributed by atoms with Gasteiger partial charge in [0.05, 0.1) is 18.0 Å². The number of hydrogen-bond donors (Lipinski definition) is 2. The molecular formula is C13H17BrN2O2S. The van der Waals surface area contributed by atoms with Crippen molar-refractivity contribution in [3.05, 3.63) is 22.7 Å². The van der Waals surface area contributed by atoms with Crippen molar-refractivity contribution in [2.45, 2.75) is 13.8 Å². The Morgan fingerprint density at radius 1 is 1.42 bits per heavy atom. The summed E-state index contributed by atoms with van der Waals surface area (Å²) in [4.78, 5) is 12.4. The number of nitrogens with two attached hydrogens (primary N) is 1. The van der Waals surface area contributed by atoms with Gasteiger partial charge in [-0.2, -0.15) is 0 Å². The van der Waals surface area contributed by atoms with Crippen LogP contribution in [0.15, 0.2) is 22.7 Å². The van der Waals surface area contributed by atoms with Gasteiger partial charge in [-0.15, -0.1) is 0 Å². The molecule has 1 rings (SSSR count). The third kappa shape index (κ3) is 4.47. The fourth-order valence-corrected chi connectivity index (χ4v) is 2.58. The fourth-order valence-electron chi connectivity index (χ4n) is 1.73. The second-order valence-electron chi connectivity index (χ2n) is 4.49. The van der Waals surface area contributed by atoms with Crippen LogP contribution in [0.4, 0.5) is 5.69 Å². The molecule has 104 valence electrons. The van der Waals surface area contributed by atoms with Crippen molar-refractivity contribution < 1.29 is 9.53 Å². The van der Waals surface area contributed by atoms with Gasteiger partial charge in [0, 0.05) is 16.2 Å². The molecule has 0 aliphatic carbocycles. The molecule has 1 unspecified atom stereocenters. The average Bonchev–Trinajstić information content (AvgIpc) is 2.26. The topological polar surface area (TPSA) is 64.3 Å². The predicted octanol–water partition coefficient (Wildman–Crippen LogP) is 2.95. The number of hydrogen-bond acceptors (Lipinski definition) is 3. The van der Waals surface area contributed by atoms with Crippen molar-refractivity contribution in [1.29, 1.82) is 0 Å². The van der Waals surface area contributed by atoms with E-state index in [4.69, 9.17) is 22.7 Å². The Balaban J connectivity index is 2.92. The molecule has 1 aromatic carbocycles. The molecule has 4 nitrogen and oxygen atoms in total. The summed E-state index contributed by atoms with van der Waals surface area (Å²) in [6.07, 6.45) is 0. The number of rotatable bonds is 5. The monoisotopic (exact) mass is 344 g/mol. The molecule has 3 N–H and O–H groups in total. The van der Waals surface area contributed by atoms with Crippen LogP contribution < -0.4 is 15.8 Å². The third-order valence-corrected chi connectivity index (χ3v) is 3.34. The van der Waals surface area contributed by atoms with E-state index in [2.05, 4.69) is 21.2 Å². The third-order valence-electron chi connectivity index (χ3n) is 2.63. The molecule has 6 heteroatoms. The zero-order chi connectivity index (χ0) is 14.6. The average molecular weight is 345 g/mol. The number of halogens is 1. The number of methoxy groups -OCH3 is 1. The lowest BCUT2D eigenvalue weighted by atomic mass is 9.95. The Morgan fingerprint density at radius 2 is 2.05 bits per heavy atom. The lowest BCUT2D eigenvalue weighted by Gasteiger charge is -2.19. The zero-order valence-corrected chi connectivity index (χ0v) is 13.5. The molecule has 0 aromatic heterocycles. The minimum atomic E-state index is -0.486. The van der Waals surface area contributed by atoms with Gasteiger partial charge in [-0.1, -0.05) is 42.0 Å². The molecule has 1 amide bonds. The standard InChI is InChI=1S/C13H17BrN2O2S/c1-7(2)11(12(15)19)13(17)16-9-4-8(14)5-10(6-9)18-3/h4-7,11H,1-3H3,(H2,15,19)(H,16,17). The second kappa shape index (κ2) is 6.86. The van der Waals surface area contributed by atoms with Crippen LogP contribution in [0.1, 0.15) is 13.8 Å². The van der Waals surface area contributed by atoms with Crippen molar-refractivity contribution in [2.75, 3.05) is 12.4 Å². The highest BCUT2D eigenvalue weighted by Crippen LogP contribution is 2.25. The Kier molecular flexibility index (Phi) is 5.75. The molecule has 0 spiro atoms. The number of thiocarbonyl (C=S) groups is 1. The van der Waals surface area contributed by atoms with E-state index in [0.717, 1.165) is 4.47 Å². The molecule has 0 fully saturated rings. The van der Waals surface area contributed by atoms with E-state index in [1.165, 1.54) is 0 Å². The van der Waals surface area contributed by atoms with Crippen LogP contribution in [0, 0.1) is 11.8 Å². The van der Waals surface area contributed by atoms with Gasteiger partial charge < -0.3 is 15.8 Å². The van der Waals surface area contributed by atoms with E-state index in [1.807, 2.05) is 19.9 Å². The fraction of sp³-hybridized carbons (Fsp3) is 0.385. The first kappa shape index (κ1) is 15.9. The van der Waals surface area contributed by atoms with Gasteiger partial charge in [0.25, 0.3) is 0 Å². The van der Waals surface area contributed by atoms with Crippen molar-refractivity contribution in [1.82, 2.24) is 0 Å². The summed E-state index contributed by atoms with van der Waals surface area (Å²) in [6.45, 7) is 3.82. The lowest BCUT2D eigenvalue weighted by Crippen LogP contribution is -2.36. The van der Waals surface area contributed by atoms with Crippen LogP contribution in [0.3, 0.4) is 0 Å². The molecule has 0 saturated heterocycles. The van der Waals surface area contributed by atoms with E-state index in [0.29, 0.717) is 11.4 Å². The largest absolute Gasteiger partial charge is 0.497 e. The molecular weight excluding hydrogens is 328 g/mol. The maximum absolute atomic E-state index is 12.2. The summed E-state index contributed by atoms with van der Waals surface area (Å²) >= 11 is 8.30. The number of ether oxygens (including phenoxy) is 1. The Labute approximate surface area is 126 Å². The van der Waals surface area contributed by atoms with Crippen LogP contribution in [0.5, 0.6) is 5.75 Å². The summed E-state index contributed by atoms with van der Waals surface area (Å²) in [5.74, 6) is 0.00951. The van der Waals surface area contributed by atoms with Crippen molar-refractivity contribution in [3.63, 3.8) is 0 Å². The van der Waals surface area contributed by atoms with E-state index < -0.39 is 5.92 Å². The first-order chi connectivity index (χ1) is 8.85. The van der Waals surface area contributed by atoms with Gasteiger partial charge in [0.15, 0.2) is 0 Å². The smallest absolute Gasteiger partial charge is 0.234 e. The van der Waals surface area contributed by atoms with Gasteiger partial charge in [-0.3, -0.25) is 4.79 Å².